The molecule has 1 heterocycles. The van der Waals surface area contributed by atoms with Crippen LogP contribution in [0.3, 0.4) is 0 Å². The summed E-state index contributed by atoms with van der Waals surface area (Å²) in [6.07, 6.45) is 0.907. The van der Waals surface area contributed by atoms with Gasteiger partial charge in [-0.1, -0.05) is 24.3 Å². The van der Waals surface area contributed by atoms with E-state index in [2.05, 4.69) is 5.32 Å². The van der Waals surface area contributed by atoms with Crippen molar-refractivity contribution in [1.82, 2.24) is 5.32 Å². The molecule has 0 saturated heterocycles. The molecule has 0 aromatic heterocycles. The van der Waals surface area contributed by atoms with Crippen LogP contribution in [0.1, 0.15) is 37.0 Å². The van der Waals surface area contributed by atoms with E-state index in [4.69, 9.17) is 4.74 Å². The number of allylic oxidation sites excluding steroid dienone is 1. The fourth-order valence-corrected chi connectivity index (χ4v) is 2.38. The van der Waals surface area contributed by atoms with Crippen molar-refractivity contribution in [3.8, 4) is 0 Å². The summed E-state index contributed by atoms with van der Waals surface area (Å²) in [5.41, 5.74) is 2.55. The average molecular weight is 275 g/mol. The summed E-state index contributed by atoms with van der Waals surface area (Å²) >= 11 is 0. The van der Waals surface area contributed by atoms with Gasteiger partial charge in [-0.3, -0.25) is 4.79 Å². The van der Waals surface area contributed by atoms with Gasteiger partial charge in [0.15, 0.2) is 0 Å². The minimum absolute atomic E-state index is 0.144. The normalized spacial score (nSPS) is 16.6. The Hall–Kier alpha value is -1.81. The molecule has 0 bridgehead atoms. The third-order valence-electron chi connectivity index (χ3n) is 3.59. The first-order chi connectivity index (χ1) is 9.59. The number of carbonyl (C=O) groups is 1. The van der Waals surface area contributed by atoms with Gasteiger partial charge in [0.2, 0.25) is 0 Å². The molecule has 2 N–H and O–H groups in total. The van der Waals surface area contributed by atoms with Gasteiger partial charge in [-0.2, -0.15) is 0 Å². The number of rotatable bonds is 4. The third kappa shape index (κ3) is 3.39. The molecule has 1 aliphatic heterocycles. The molecule has 4 nitrogen and oxygen atoms in total. The number of ether oxygens (including phenoxy) is 1. The van der Waals surface area contributed by atoms with Gasteiger partial charge in [0.05, 0.1) is 18.3 Å². The van der Waals surface area contributed by atoms with Crippen LogP contribution in [0.15, 0.2) is 35.6 Å². The maximum atomic E-state index is 12.1. The smallest absolute Gasteiger partial charge is 0.250 e. The molecule has 1 unspecified atom stereocenters. The first-order valence-corrected chi connectivity index (χ1v) is 6.94. The molecule has 0 saturated carbocycles. The second kappa shape index (κ2) is 6.57. The van der Waals surface area contributed by atoms with E-state index in [1.807, 2.05) is 38.1 Å². The van der Waals surface area contributed by atoms with E-state index >= 15 is 0 Å². The van der Waals surface area contributed by atoms with Crippen molar-refractivity contribution < 1.29 is 14.6 Å². The van der Waals surface area contributed by atoms with Gasteiger partial charge < -0.3 is 15.2 Å². The van der Waals surface area contributed by atoms with Gasteiger partial charge in [0.1, 0.15) is 5.76 Å². The Morgan fingerprint density at radius 1 is 1.40 bits per heavy atom. The SMILES string of the molecule is CC1=C(C(=O)NCC(O)c2ccccc2C)CCCO1. The van der Waals surface area contributed by atoms with Crippen molar-refractivity contribution in [3.05, 3.63) is 46.7 Å². The monoisotopic (exact) mass is 275 g/mol. The summed E-state index contributed by atoms with van der Waals surface area (Å²) in [6, 6.07) is 7.63. The van der Waals surface area contributed by atoms with E-state index in [-0.39, 0.29) is 12.5 Å². The van der Waals surface area contributed by atoms with Crippen LogP contribution in [0.4, 0.5) is 0 Å². The minimum atomic E-state index is -0.689. The van der Waals surface area contributed by atoms with Crippen LogP contribution in [0.2, 0.25) is 0 Å². The Labute approximate surface area is 119 Å². The molecule has 0 radical (unpaired) electrons. The first-order valence-electron chi connectivity index (χ1n) is 6.94. The highest BCUT2D eigenvalue weighted by Crippen LogP contribution is 2.20. The maximum absolute atomic E-state index is 12.1. The predicted molar refractivity (Wildman–Crippen MR) is 77.0 cm³/mol. The van der Waals surface area contributed by atoms with Crippen molar-refractivity contribution in [2.45, 2.75) is 32.8 Å². The molecule has 4 heteroatoms. The summed E-state index contributed by atoms with van der Waals surface area (Å²) in [5, 5.41) is 12.9. The second-order valence-electron chi connectivity index (χ2n) is 5.07. The highest BCUT2D eigenvalue weighted by atomic mass is 16.5. The van der Waals surface area contributed by atoms with Crippen molar-refractivity contribution in [2.75, 3.05) is 13.2 Å². The number of aryl methyl sites for hydroxylation is 1. The lowest BCUT2D eigenvalue weighted by Crippen LogP contribution is -2.31. The zero-order chi connectivity index (χ0) is 14.5. The molecule has 1 amide bonds. The summed E-state index contributed by atoms with van der Waals surface area (Å²) in [6.45, 7) is 4.64. The number of carbonyl (C=O) groups excluding carboxylic acids is 1. The maximum Gasteiger partial charge on any atom is 0.250 e. The van der Waals surface area contributed by atoms with E-state index in [0.29, 0.717) is 17.9 Å². The van der Waals surface area contributed by atoms with Crippen LogP contribution in [-0.4, -0.2) is 24.2 Å². The van der Waals surface area contributed by atoms with Crippen LogP contribution in [0.25, 0.3) is 0 Å². The number of hydrogen-bond donors (Lipinski definition) is 2. The molecule has 0 spiro atoms. The molecule has 20 heavy (non-hydrogen) atoms. The molecule has 108 valence electrons. The molecule has 1 aliphatic rings. The molecule has 1 aromatic rings. The number of benzene rings is 1. The van der Waals surface area contributed by atoms with Gasteiger partial charge in [0.25, 0.3) is 5.91 Å². The highest BCUT2D eigenvalue weighted by molar-refractivity contribution is 5.93. The minimum Gasteiger partial charge on any atom is -0.498 e. The van der Waals surface area contributed by atoms with E-state index < -0.39 is 6.10 Å². The van der Waals surface area contributed by atoms with E-state index in [1.165, 1.54) is 0 Å². The number of nitrogens with one attached hydrogen (secondary N) is 1. The van der Waals surface area contributed by atoms with Crippen molar-refractivity contribution in [3.63, 3.8) is 0 Å². The molecule has 1 aromatic carbocycles. The van der Waals surface area contributed by atoms with E-state index in [0.717, 1.165) is 24.0 Å². The van der Waals surface area contributed by atoms with Crippen LogP contribution in [-0.2, 0) is 9.53 Å². The van der Waals surface area contributed by atoms with Gasteiger partial charge >= 0.3 is 0 Å². The Morgan fingerprint density at radius 3 is 2.85 bits per heavy atom. The topological polar surface area (TPSA) is 58.6 Å². The molecular weight excluding hydrogens is 254 g/mol. The Kier molecular flexibility index (Phi) is 4.79. The molecule has 0 aliphatic carbocycles. The van der Waals surface area contributed by atoms with Gasteiger partial charge in [-0.15, -0.1) is 0 Å². The lowest BCUT2D eigenvalue weighted by atomic mass is 10.0. The number of aliphatic hydroxyl groups is 1. The number of amides is 1. The summed E-state index contributed by atoms with van der Waals surface area (Å²) in [4.78, 5) is 12.1. The molecule has 1 atom stereocenters. The molecular formula is C16H21NO3. The molecule has 2 rings (SSSR count). The number of hydrogen-bond acceptors (Lipinski definition) is 3. The fraction of sp³-hybridized carbons (Fsp3) is 0.438. The van der Waals surface area contributed by atoms with Crippen LogP contribution in [0.5, 0.6) is 0 Å². The fourth-order valence-electron chi connectivity index (χ4n) is 2.38. The standard InChI is InChI=1S/C16H21NO3/c1-11-6-3-4-7-13(11)15(18)10-17-16(19)14-8-5-9-20-12(14)2/h3-4,6-7,15,18H,5,8-10H2,1-2H3,(H,17,19). The van der Waals surface area contributed by atoms with E-state index in [9.17, 15) is 9.90 Å². The highest BCUT2D eigenvalue weighted by Gasteiger charge is 2.19. The Bertz CT molecular complexity index is 522. The van der Waals surface area contributed by atoms with Crippen LogP contribution in [0, 0.1) is 6.92 Å². The summed E-state index contributed by atoms with van der Waals surface area (Å²) < 4.78 is 5.38. The second-order valence-corrected chi connectivity index (χ2v) is 5.07. The lowest BCUT2D eigenvalue weighted by molar-refractivity contribution is -0.118. The van der Waals surface area contributed by atoms with Crippen LogP contribution < -0.4 is 5.32 Å². The van der Waals surface area contributed by atoms with Crippen molar-refractivity contribution in [1.29, 1.82) is 0 Å². The third-order valence-corrected chi connectivity index (χ3v) is 3.59. The predicted octanol–water partition coefficient (Wildman–Crippen LogP) is 2.23. The summed E-state index contributed by atoms with van der Waals surface area (Å²) in [5.74, 6) is 0.550. The Balaban J connectivity index is 1.95. The lowest BCUT2D eigenvalue weighted by Gasteiger charge is -2.19. The Morgan fingerprint density at radius 2 is 2.15 bits per heavy atom. The van der Waals surface area contributed by atoms with Crippen molar-refractivity contribution in [2.24, 2.45) is 0 Å². The van der Waals surface area contributed by atoms with Crippen LogP contribution >= 0.6 is 0 Å². The number of aliphatic hydroxyl groups excluding tert-OH is 1. The van der Waals surface area contributed by atoms with Gasteiger partial charge in [-0.25, -0.2) is 0 Å². The first kappa shape index (κ1) is 14.6. The van der Waals surface area contributed by atoms with E-state index in [1.54, 1.807) is 0 Å². The van der Waals surface area contributed by atoms with Gasteiger partial charge in [0, 0.05) is 6.54 Å². The largest absolute Gasteiger partial charge is 0.498 e. The average Bonchev–Trinajstić information content (AvgIpc) is 2.45. The zero-order valence-corrected chi connectivity index (χ0v) is 12.0. The molecule has 0 fully saturated rings. The van der Waals surface area contributed by atoms with Gasteiger partial charge in [-0.05, 0) is 37.8 Å². The quantitative estimate of drug-likeness (QED) is 0.886. The summed E-state index contributed by atoms with van der Waals surface area (Å²) in [7, 11) is 0. The zero-order valence-electron chi connectivity index (χ0n) is 12.0. The van der Waals surface area contributed by atoms with Crippen molar-refractivity contribution >= 4 is 5.91 Å².